The molecule has 15 heterocycles. The van der Waals surface area contributed by atoms with Gasteiger partial charge in [0.05, 0.1) is 5.69 Å². The molecule has 620 valence electrons. The maximum absolute atomic E-state index is 12.1. The molecule has 0 atom stereocenters. The lowest BCUT2D eigenvalue weighted by molar-refractivity contribution is -0.205. The van der Waals surface area contributed by atoms with Crippen LogP contribution in [0.1, 0.15) is 114 Å². The van der Waals surface area contributed by atoms with Crippen molar-refractivity contribution >= 4 is 0 Å². The van der Waals surface area contributed by atoms with Crippen LogP contribution in [0, 0.1) is 138 Å². The number of para-hydroxylation sites is 1. The Kier molecular flexibility index (Phi) is 35.3. The van der Waals surface area contributed by atoms with Crippen molar-refractivity contribution in [1.29, 1.82) is 0 Å². The second-order valence-electron chi connectivity index (χ2n) is 28.9. The first-order valence-corrected chi connectivity index (χ1v) is 39.5. The summed E-state index contributed by atoms with van der Waals surface area (Å²) in [5, 5.41) is 7.20. The highest BCUT2D eigenvalue weighted by Gasteiger charge is 2.32. The second-order valence-corrected chi connectivity index (χ2v) is 28.9. The van der Waals surface area contributed by atoms with E-state index in [0.29, 0.717) is 16.3 Å². The summed E-state index contributed by atoms with van der Waals surface area (Å²) in [4.78, 5) is 42.0. The molecule has 2 aromatic carbocycles. The van der Waals surface area contributed by atoms with E-state index >= 15 is 0 Å². The van der Waals surface area contributed by atoms with Crippen LogP contribution >= 0.6 is 0 Å². The SMILES string of the molecule is Cc1cc(-c2ccccc2)oc1C.Cc1cc(-c2ccnc(C)c2)ccn1.Cc1ccc(-c2ccnc(C)c2)cn1.Cc1ccc(C)n1-c1ccccc1.Cc1ccc(C)n1C(F)(F)F.Cc1ccc(C)o1.Cc1ccnc(-c2ccc(C)nc2)c1.Cc1ccncc1-c1cnccc1C.Cc1cncc(-c2ccc(C)nc2)c1.Cc1nnc(C)o1. The summed E-state index contributed by atoms with van der Waals surface area (Å²) in [5.41, 5.74) is 29.0. The van der Waals surface area contributed by atoms with Gasteiger partial charge in [-0.15, -0.1) is 23.4 Å². The summed E-state index contributed by atoms with van der Waals surface area (Å²) in [6.07, 6.45) is 19.8. The Balaban J connectivity index is 0.000000168. The Morgan fingerprint density at radius 2 is 0.719 bits per heavy atom. The molecular weight excluding hydrogens is 1510 g/mol. The fraction of sp³-hybridized carbons (Fsp3) is 0.208. The van der Waals surface area contributed by atoms with Gasteiger partial charge in [0.2, 0.25) is 11.8 Å². The van der Waals surface area contributed by atoms with E-state index in [0.717, 1.165) is 102 Å². The monoisotopic (exact) mass is 1620 g/mol. The summed E-state index contributed by atoms with van der Waals surface area (Å²) < 4.78 is 54.5. The lowest BCUT2D eigenvalue weighted by Gasteiger charge is -2.12. The summed E-state index contributed by atoms with van der Waals surface area (Å²) in [6, 6.07) is 68.4. The van der Waals surface area contributed by atoms with Gasteiger partial charge in [-0.25, -0.2) is 0 Å². The Morgan fingerprint density at radius 1 is 0.281 bits per heavy atom. The van der Waals surface area contributed by atoms with Gasteiger partial charge in [0.1, 0.15) is 23.0 Å². The zero-order chi connectivity index (χ0) is 87.5. The maximum Gasteiger partial charge on any atom is 0.488 e. The smallest absolute Gasteiger partial charge is 0.467 e. The molecule has 0 aliphatic heterocycles. The molecule has 0 aliphatic carbocycles. The largest absolute Gasteiger partial charge is 0.488 e. The summed E-state index contributed by atoms with van der Waals surface area (Å²) in [6.45, 7) is 38.8. The molecule has 0 spiro atoms. The molecule has 0 radical (unpaired) electrons. The van der Waals surface area contributed by atoms with Gasteiger partial charge in [0.15, 0.2) is 0 Å². The van der Waals surface area contributed by atoms with Crippen LogP contribution in [0.2, 0.25) is 0 Å². The summed E-state index contributed by atoms with van der Waals surface area (Å²) in [5.74, 6) is 5.17. The van der Waals surface area contributed by atoms with Gasteiger partial charge in [-0.05, 0) is 315 Å². The molecule has 0 bridgehead atoms. The minimum Gasteiger partial charge on any atom is -0.467 e. The number of hydrogen-bond donors (Lipinski definition) is 0. The van der Waals surface area contributed by atoms with E-state index in [2.05, 4.69) is 203 Å². The number of aromatic nitrogens is 14. The molecule has 0 unspecified atom stereocenters. The second kappa shape index (κ2) is 46.2. The van der Waals surface area contributed by atoms with E-state index in [-0.39, 0.29) is 11.4 Å². The van der Waals surface area contributed by atoms with E-state index in [1.807, 2.05) is 247 Å². The van der Waals surface area contributed by atoms with E-state index in [9.17, 15) is 13.2 Å². The average molecular weight is 1620 g/mol. The van der Waals surface area contributed by atoms with Crippen molar-refractivity contribution in [3.63, 3.8) is 0 Å². The van der Waals surface area contributed by atoms with Crippen LogP contribution in [0.3, 0.4) is 0 Å². The lowest BCUT2D eigenvalue weighted by Crippen LogP contribution is -2.19. The van der Waals surface area contributed by atoms with Gasteiger partial charge in [0.25, 0.3) is 0 Å². The van der Waals surface area contributed by atoms with E-state index in [1.165, 1.54) is 87.6 Å². The lowest BCUT2D eigenvalue weighted by atomic mass is 10.0. The van der Waals surface area contributed by atoms with Crippen LogP contribution in [-0.4, -0.2) is 69.2 Å². The van der Waals surface area contributed by atoms with Crippen LogP contribution in [0.4, 0.5) is 13.2 Å². The number of furan rings is 2. The fourth-order valence-electron chi connectivity index (χ4n) is 12.0. The zero-order valence-corrected chi connectivity index (χ0v) is 72.8. The van der Waals surface area contributed by atoms with Crippen molar-refractivity contribution in [3.8, 4) is 72.8 Å². The summed E-state index contributed by atoms with van der Waals surface area (Å²) >= 11 is 0. The predicted molar refractivity (Wildman–Crippen MR) is 481 cm³/mol. The predicted octanol–water partition coefficient (Wildman–Crippen LogP) is 25.6. The zero-order valence-electron chi connectivity index (χ0n) is 72.8. The van der Waals surface area contributed by atoms with Crippen molar-refractivity contribution in [2.45, 2.75) is 145 Å². The van der Waals surface area contributed by atoms with Crippen molar-refractivity contribution in [2.24, 2.45) is 0 Å². The van der Waals surface area contributed by atoms with E-state index < -0.39 is 6.30 Å². The number of rotatable bonds is 7. The highest BCUT2D eigenvalue weighted by molar-refractivity contribution is 5.69. The number of hydrogen-bond acceptors (Lipinski definition) is 15. The van der Waals surface area contributed by atoms with Gasteiger partial charge in [-0.2, -0.15) is 0 Å². The first-order valence-electron chi connectivity index (χ1n) is 39.5. The third-order valence-electron chi connectivity index (χ3n) is 18.4. The third-order valence-corrected chi connectivity index (χ3v) is 18.4. The number of halogens is 3. The Morgan fingerprint density at radius 3 is 1.09 bits per heavy atom. The minimum absolute atomic E-state index is 0.218. The third kappa shape index (κ3) is 30.5. The number of aryl methyl sites for hydroxylation is 20. The van der Waals surface area contributed by atoms with Crippen LogP contribution in [0.5, 0.6) is 0 Å². The van der Waals surface area contributed by atoms with Crippen molar-refractivity contribution in [1.82, 2.24) is 69.2 Å². The number of nitrogens with zero attached hydrogens (tertiary/aromatic N) is 14. The quantitative estimate of drug-likeness (QED) is 0.146. The number of benzene rings is 2. The molecule has 0 amide bonds. The molecule has 17 nitrogen and oxygen atoms in total. The molecule has 17 aromatic rings. The minimum atomic E-state index is -4.28. The average Bonchev–Trinajstić information content (AvgIpc) is 1.83. The molecule has 15 aromatic heterocycles. The van der Waals surface area contributed by atoms with Crippen LogP contribution < -0.4 is 0 Å². The molecule has 17 rings (SSSR count). The van der Waals surface area contributed by atoms with Crippen LogP contribution in [-0.2, 0) is 6.30 Å². The van der Waals surface area contributed by atoms with Crippen LogP contribution in [0.25, 0.3) is 72.8 Å². The molecule has 0 aliphatic rings. The highest BCUT2D eigenvalue weighted by atomic mass is 19.4. The van der Waals surface area contributed by atoms with Gasteiger partial charge in [-0.3, -0.25) is 54.4 Å². The standard InChI is InChI=1S/5C12H12N2.C12H13N.C12H12O.C7H8F3N.C6H8O.C4H6N2O/c1-9-7-11(3-5-13-9)12-4-6-14-10(2)8-12;1-9-3-5-13-7-11(9)12-8-14-6-4-10(12)2;1-9-5-12(7-13-6-9)11-4-3-10(2)14-8-11;1-9-5-6-13-12(7-9)11-4-3-10(2)14-8-11;1-9-3-4-12(8-14-9)11-5-6-13-10(2)7-11;1-10-8-9-11(2)13(10)12-6-4-3-5-7-12;1-9-8-12(13-10(9)2)11-6-4-3-5-7-11;1-5-3-4-6(2)11(5)7(8,9)10;1-5-3-4-6(2)7-5;1-3-5-6-4(2)7-3/h5*3-8H,1-2H3;3-9H,1-2H3;3-8H,1-2H3;3-4H,1-2H3;3-4H,1-2H3;1-2H3. The first-order chi connectivity index (χ1) is 57.9. The molecule has 0 saturated carbocycles. The molecule has 20 heteroatoms. The van der Waals surface area contributed by atoms with Gasteiger partial charge in [0, 0.05) is 196 Å². The fourth-order valence-corrected chi connectivity index (χ4v) is 12.0. The highest BCUT2D eigenvalue weighted by Crippen LogP contribution is 2.29. The number of alkyl halides is 3. The van der Waals surface area contributed by atoms with E-state index in [4.69, 9.17) is 13.3 Å². The summed E-state index contributed by atoms with van der Waals surface area (Å²) in [7, 11) is 0. The molecular formula is C101H107F3N14O3. The normalized spacial score (nSPS) is 10.3. The van der Waals surface area contributed by atoms with Crippen molar-refractivity contribution in [2.75, 3.05) is 0 Å². The van der Waals surface area contributed by atoms with Crippen LogP contribution in [0.15, 0.2) is 300 Å². The topological polar surface area (TPSA) is 204 Å². The van der Waals surface area contributed by atoms with Crippen molar-refractivity contribution < 1.29 is 26.4 Å². The molecule has 0 fully saturated rings. The van der Waals surface area contributed by atoms with E-state index in [1.54, 1.807) is 13.8 Å². The first kappa shape index (κ1) is 92.5. The maximum atomic E-state index is 12.1. The Bertz CT molecular complexity index is 5550. The van der Waals surface area contributed by atoms with Gasteiger partial charge >= 0.3 is 6.30 Å². The number of pyridine rings is 10. The van der Waals surface area contributed by atoms with Gasteiger partial charge in [-0.1, -0.05) is 60.7 Å². The van der Waals surface area contributed by atoms with Crippen molar-refractivity contribution in [3.05, 3.63) is 401 Å². The molecule has 121 heavy (non-hydrogen) atoms. The Labute approximate surface area is 709 Å². The molecule has 0 saturated heterocycles. The Hall–Kier alpha value is -14.0. The van der Waals surface area contributed by atoms with Gasteiger partial charge < -0.3 is 17.8 Å². The molecule has 0 N–H and O–H groups in total.